The molecule has 1 saturated heterocycles. The number of allylic oxidation sites excluding steroid dienone is 3. The largest absolute Gasteiger partial charge is 0.370 e. The number of hydrogen-bond donors (Lipinski definition) is 1. The van der Waals surface area contributed by atoms with Crippen LogP contribution in [0.3, 0.4) is 0 Å². The van der Waals surface area contributed by atoms with Crippen LogP contribution in [-0.2, 0) is 0 Å². The summed E-state index contributed by atoms with van der Waals surface area (Å²) < 4.78 is 0. The first-order valence-corrected chi connectivity index (χ1v) is 4.36. The van der Waals surface area contributed by atoms with E-state index in [-0.39, 0.29) is 0 Å². The molecule has 0 aromatic rings. The van der Waals surface area contributed by atoms with Crippen molar-refractivity contribution in [2.24, 2.45) is 5.92 Å². The van der Waals surface area contributed by atoms with E-state index in [1.165, 1.54) is 12.6 Å². The van der Waals surface area contributed by atoms with Crippen molar-refractivity contribution in [2.45, 2.75) is 13.3 Å². The van der Waals surface area contributed by atoms with Crippen LogP contribution in [0.25, 0.3) is 0 Å². The molecule has 0 aromatic heterocycles. The molecule has 0 aromatic carbocycles. The fourth-order valence-corrected chi connectivity index (χ4v) is 1.54. The number of rotatable bonds is 3. The van der Waals surface area contributed by atoms with Gasteiger partial charge < -0.3 is 10.3 Å². The lowest BCUT2D eigenvalue weighted by molar-refractivity contribution is 0.431. The van der Waals surface area contributed by atoms with Gasteiger partial charge in [-0.15, -0.1) is 0 Å². The topological polar surface area (TPSA) is 27.1 Å². The second-order valence-corrected chi connectivity index (χ2v) is 3.31. The van der Waals surface area contributed by atoms with E-state index in [1.54, 1.807) is 6.08 Å². The molecule has 0 radical (unpaired) electrons. The number of nitrogens with zero attached hydrogens (tertiary/aromatic N) is 1. The first-order valence-electron chi connectivity index (χ1n) is 4.36. The van der Waals surface area contributed by atoms with Crippen molar-refractivity contribution in [3.05, 3.63) is 24.4 Å². The van der Waals surface area contributed by atoms with Crippen LogP contribution in [0.2, 0.25) is 0 Å². The van der Waals surface area contributed by atoms with Crippen molar-refractivity contribution in [3.8, 4) is 0 Å². The lowest BCUT2D eigenvalue weighted by Gasteiger charge is -2.17. The molecule has 0 spiro atoms. The molecule has 1 fully saturated rings. The molecule has 2 nitrogen and oxygen atoms in total. The van der Waals surface area contributed by atoms with Crippen molar-refractivity contribution >= 4 is 6.21 Å². The van der Waals surface area contributed by atoms with Crippen LogP contribution in [0, 0.1) is 11.3 Å². The lowest BCUT2D eigenvalue weighted by atomic mass is 10.2. The third-order valence-electron chi connectivity index (χ3n) is 2.23. The molecule has 0 aliphatic carbocycles. The second-order valence-electron chi connectivity index (χ2n) is 3.31. The predicted octanol–water partition coefficient (Wildman–Crippen LogP) is 2.05. The van der Waals surface area contributed by atoms with Gasteiger partial charge in [0.25, 0.3) is 0 Å². The fraction of sp³-hybridized carbons (Fsp3) is 0.500. The van der Waals surface area contributed by atoms with Crippen molar-refractivity contribution < 1.29 is 0 Å². The van der Waals surface area contributed by atoms with E-state index in [2.05, 4.69) is 18.4 Å². The van der Waals surface area contributed by atoms with Gasteiger partial charge in [0.2, 0.25) is 0 Å². The molecule has 1 N–H and O–H groups in total. The van der Waals surface area contributed by atoms with Crippen molar-refractivity contribution in [2.75, 3.05) is 13.1 Å². The molecule has 0 bridgehead atoms. The Balaban J connectivity index is 2.61. The predicted molar refractivity (Wildman–Crippen MR) is 52.4 cm³/mol. The monoisotopic (exact) mass is 164 g/mol. The van der Waals surface area contributed by atoms with Crippen LogP contribution in [0.5, 0.6) is 0 Å². The highest BCUT2D eigenvalue weighted by atomic mass is 15.2. The quantitative estimate of drug-likeness (QED) is 0.501. The zero-order valence-electron chi connectivity index (χ0n) is 7.59. The highest BCUT2D eigenvalue weighted by Gasteiger charge is 2.18. The third-order valence-corrected chi connectivity index (χ3v) is 2.23. The standard InChI is InChI=1S/C10H16N2/c1-3-4-10(7-11)12-6-5-9(2)8-12/h3-4,7,9,11H,1,5-6,8H2,2H3/b10-4+,11-7?. The van der Waals surface area contributed by atoms with Gasteiger partial charge in [-0.25, -0.2) is 0 Å². The lowest BCUT2D eigenvalue weighted by Crippen LogP contribution is -2.20. The summed E-state index contributed by atoms with van der Waals surface area (Å²) in [5.74, 6) is 0.762. The maximum atomic E-state index is 7.21. The zero-order chi connectivity index (χ0) is 8.97. The van der Waals surface area contributed by atoms with Gasteiger partial charge in [0.15, 0.2) is 0 Å². The average molecular weight is 164 g/mol. The minimum Gasteiger partial charge on any atom is -0.370 e. The smallest absolute Gasteiger partial charge is 0.0544 e. The molecule has 12 heavy (non-hydrogen) atoms. The number of likely N-dealkylation sites (tertiary alicyclic amines) is 1. The molecular weight excluding hydrogens is 148 g/mol. The highest BCUT2D eigenvalue weighted by Crippen LogP contribution is 2.18. The molecule has 66 valence electrons. The van der Waals surface area contributed by atoms with Gasteiger partial charge in [0.1, 0.15) is 0 Å². The van der Waals surface area contributed by atoms with E-state index < -0.39 is 0 Å². The summed E-state index contributed by atoms with van der Waals surface area (Å²) in [5.41, 5.74) is 0.981. The first-order chi connectivity index (χ1) is 5.77. The van der Waals surface area contributed by atoms with E-state index in [0.29, 0.717) is 0 Å². The normalized spacial score (nSPS) is 24.2. The van der Waals surface area contributed by atoms with Gasteiger partial charge in [0, 0.05) is 19.3 Å². The van der Waals surface area contributed by atoms with Crippen molar-refractivity contribution in [3.63, 3.8) is 0 Å². The Morgan fingerprint density at radius 3 is 2.83 bits per heavy atom. The van der Waals surface area contributed by atoms with Crippen molar-refractivity contribution in [1.29, 1.82) is 5.41 Å². The van der Waals surface area contributed by atoms with Crippen LogP contribution in [0.4, 0.5) is 0 Å². The van der Waals surface area contributed by atoms with Gasteiger partial charge in [-0.3, -0.25) is 0 Å². The average Bonchev–Trinajstić information content (AvgIpc) is 2.47. The van der Waals surface area contributed by atoms with Gasteiger partial charge in [-0.1, -0.05) is 19.6 Å². The molecule has 0 amide bonds. The summed E-state index contributed by atoms with van der Waals surface area (Å²) in [6.45, 7) is 8.04. The van der Waals surface area contributed by atoms with Crippen molar-refractivity contribution in [1.82, 2.24) is 4.90 Å². The third kappa shape index (κ3) is 1.97. The molecule has 1 rings (SSSR count). The molecular formula is C10H16N2. The van der Waals surface area contributed by atoms with E-state index in [9.17, 15) is 0 Å². The summed E-state index contributed by atoms with van der Waals surface area (Å²) in [7, 11) is 0. The maximum absolute atomic E-state index is 7.21. The molecule has 1 aliphatic heterocycles. The second kappa shape index (κ2) is 4.10. The fourth-order valence-electron chi connectivity index (χ4n) is 1.54. The maximum Gasteiger partial charge on any atom is 0.0544 e. The number of hydrogen-bond acceptors (Lipinski definition) is 2. The molecule has 1 unspecified atom stereocenters. The number of nitrogens with one attached hydrogen (secondary N) is 1. The molecule has 1 atom stereocenters. The Kier molecular flexibility index (Phi) is 3.09. The minimum atomic E-state index is 0.762. The molecule has 1 heterocycles. The van der Waals surface area contributed by atoms with Crippen LogP contribution in [-0.4, -0.2) is 24.2 Å². The molecule has 0 saturated carbocycles. The highest BCUT2D eigenvalue weighted by molar-refractivity contribution is 5.75. The Morgan fingerprint density at radius 2 is 2.42 bits per heavy atom. The minimum absolute atomic E-state index is 0.762. The van der Waals surface area contributed by atoms with Gasteiger partial charge >= 0.3 is 0 Å². The Labute approximate surface area is 74.1 Å². The Hall–Kier alpha value is -1.05. The van der Waals surface area contributed by atoms with Crippen LogP contribution in [0.1, 0.15) is 13.3 Å². The summed E-state index contributed by atoms with van der Waals surface area (Å²) in [4.78, 5) is 2.24. The van der Waals surface area contributed by atoms with Crippen LogP contribution < -0.4 is 0 Å². The van der Waals surface area contributed by atoms with E-state index in [0.717, 1.165) is 24.7 Å². The Morgan fingerprint density at radius 1 is 1.67 bits per heavy atom. The van der Waals surface area contributed by atoms with Crippen LogP contribution >= 0.6 is 0 Å². The summed E-state index contributed by atoms with van der Waals surface area (Å²) in [5, 5.41) is 7.21. The Bertz CT molecular complexity index is 206. The van der Waals surface area contributed by atoms with E-state index >= 15 is 0 Å². The summed E-state index contributed by atoms with van der Waals surface area (Å²) in [6, 6.07) is 0. The molecule has 1 aliphatic rings. The summed E-state index contributed by atoms with van der Waals surface area (Å²) >= 11 is 0. The van der Waals surface area contributed by atoms with Gasteiger partial charge in [0.05, 0.1) is 5.70 Å². The van der Waals surface area contributed by atoms with Crippen LogP contribution in [0.15, 0.2) is 24.4 Å². The van der Waals surface area contributed by atoms with E-state index in [1.807, 2.05) is 6.08 Å². The zero-order valence-corrected chi connectivity index (χ0v) is 7.59. The first kappa shape index (κ1) is 9.04. The SMILES string of the molecule is C=C/C=C(\C=N)N1CCC(C)C1. The van der Waals surface area contributed by atoms with Gasteiger partial charge in [-0.2, -0.15) is 0 Å². The summed E-state index contributed by atoms with van der Waals surface area (Å²) in [6.07, 6.45) is 6.27. The van der Waals surface area contributed by atoms with E-state index in [4.69, 9.17) is 5.41 Å². The van der Waals surface area contributed by atoms with Gasteiger partial charge in [-0.05, 0) is 18.4 Å². The molecule has 2 heteroatoms.